The maximum Gasteiger partial charge on any atom is 0.251 e. The lowest BCUT2D eigenvalue weighted by Gasteiger charge is -2.18. The Morgan fingerprint density at radius 1 is 1.25 bits per heavy atom. The van der Waals surface area contributed by atoms with Crippen molar-refractivity contribution < 1.29 is 18.4 Å². The average molecular weight is 282 g/mol. The van der Waals surface area contributed by atoms with Crippen LogP contribution in [0.15, 0.2) is 40.9 Å². The molecule has 0 spiro atoms. The third-order valence-electron chi connectivity index (χ3n) is 2.82. The van der Waals surface area contributed by atoms with Crippen LogP contribution in [0.4, 0.5) is 8.78 Å². The molecular weight excluding hydrogens is 266 g/mol. The van der Waals surface area contributed by atoms with Crippen molar-refractivity contribution in [2.24, 2.45) is 0 Å². The van der Waals surface area contributed by atoms with E-state index in [0.717, 1.165) is 5.56 Å². The van der Waals surface area contributed by atoms with Crippen molar-refractivity contribution in [3.05, 3.63) is 42.1 Å². The maximum absolute atomic E-state index is 12.4. The summed E-state index contributed by atoms with van der Waals surface area (Å²) in [5.74, 6) is 0.599. The van der Waals surface area contributed by atoms with E-state index in [1.54, 1.807) is 6.07 Å². The van der Waals surface area contributed by atoms with Gasteiger partial charge in [0.25, 0.3) is 6.43 Å². The van der Waals surface area contributed by atoms with Gasteiger partial charge in [-0.05, 0) is 0 Å². The first kappa shape index (κ1) is 14.6. The average Bonchev–Trinajstić information content (AvgIpc) is 2.88. The Hall–Kier alpha value is -1.79. The third-order valence-corrected chi connectivity index (χ3v) is 2.82. The molecule has 1 aromatic carbocycles. The van der Waals surface area contributed by atoms with Crippen LogP contribution in [0.3, 0.4) is 0 Å². The molecule has 2 rings (SSSR count). The van der Waals surface area contributed by atoms with E-state index in [4.69, 9.17) is 9.63 Å². The molecule has 0 amide bonds. The highest BCUT2D eigenvalue weighted by molar-refractivity contribution is 5.56. The van der Waals surface area contributed by atoms with Crippen LogP contribution in [-0.2, 0) is 6.54 Å². The summed E-state index contributed by atoms with van der Waals surface area (Å²) in [6.45, 7) is -0.163. The summed E-state index contributed by atoms with van der Waals surface area (Å²) in [5.41, 5.74) is 1.45. The molecule has 0 aliphatic heterocycles. The van der Waals surface area contributed by atoms with Crippen molar-refractivity contribution in [1.82, 2.24) is 10.1 Å². The molecule has 108 valence electrons. The molecule has 0 unspecified atom stereocenters. The molecule has 0 atom stereocenters. The number of aliphatic hydroxyl groups excluding tert-OH is 1. The minimum atomic E-state index is -2.44. The molecule has 2 aromatic rings. The predicted octanol–water partition coefficient (Wildman–Crippen LogP) is 2.40. The van der Waals surface area contributed by atoms with E-state index in [-0.39, 0.29) is 19.7 Å². The summed E-state index contributed by atoms with van der Waals surface area (Å²) in [6.07, 6.45) is -2.44. The summed E-state index contributed by atoms with van der Waals surface area (Å²) in [4.78, 5) is 1.44. The van der Waals surface area contributed by atoms with E-state index < -0.39 is 13.0 Å². The summed E-state index contributed by atoms with van der Waals surface area (Å²) in [7, 11) is 0. The van der Waals surface area contributed by atoms with E-state index in [2.05, 4.69) is 5.16 Å². The van der Waals surface area contributed by atoms with Crippen LogP contribution >= 0.6 is 0 Å². The van der Waals surface area contributed by atoms with Crippen molar-refractivity contribution >= 4 is 0 Å². The van der Waals surface area contributed by atoms with Crippen molar-refractivity contribution in [2.45, 2.75) is 13.0 Å². The van der Waals surface area contributed by atoms with Gasteiger partial charge < -0.3 is 9.63 Å². The summed E-state index contributed by atoms with van der Waals surface area (Å²) < 4.78 is 30.0. The van der Waals surface area contributed by atoms with Gasteiger partial charge in [0.2, 0.25) is 0 Å². The van der Waals surface area contributed by atoms with E-state index in [1.807, 2.05) is 30.3 Å². The molecular formula is C14H16F2N2O2. The second-order valence-corrected chi connectivity index (χ2v) is 4.40. The highest BCUT2D eigenvalue weighted by Crippen LogP contribution is 2.20. The van der Waals surface area contributed by atoms with Crippen LogP contribution < -0.4 is 0 Å². The first-order chi connectivity index (χ1) is 9.69. The highest BCUT2D eigenvalue weighted by Gasteiger charge is 2.15. The monoisotopic (exact) mass is 282 g/mol. The van der Waals surface area contributed by atoms with Gasteiger partial charge in [0.15, 0.2) is 5.76 Å². The molecule has 1 N–H and O–H groups in total. The lowest BCUT2D eigenvalue weighted by Crippen LogP contribution is -2.31. The standard InChI is InChI=1S/C14H16F2N2O2/c15-14(16)10-18(6-7-19)9-12-8-13(20-17-12)11-4-2-1-3-5-11/h1-5,8,14,19H,6-7,9-10H2. The molecule has 0 fully saturated rings. The van der Waals surface area contributed by atoms with Crippen molar-refractivity contribution in [2.75, 3.05) is 19.7 Å². The third kappa shape index (κ3) is 4.11. The second kappa shape index (κ2) is 7.12. The molecule has 0 bridgehead atoms. The number of hydrogen-bond acceptors (Lipinski definition) is 4. The molecule has 4 nitrogen and oxygen atoms in total. The number of rotatable bonds is 7. The topological polar surface area (TPSA) is 49.5 Å². The first-order valence-electron chi connectivity index (χ1n) is 6.31. The number of aliphatic hydroxyl groups is 1. The largest absolute Gasteiger partial charge is 0.395 e. The van der Waals surface area contributed by atoms with Crippen LogP contribution in [0.1, 0.15) is 5.69 Å². The van der Waals surface area contributed by atoms with Crippen molar-refractivity contribution in [1.29, 1.82) is 0 Å². The van der Waals surface area contributed by atoms with Gasteiger partial charge in [-0.2, -0.15) is 0 Å². The number of benzene rings is 1. The lowest BCUT2D eigenvalue weighted by molar-refractivity contribution is 0.0735. The highest BCUT2D eigenvalue weighted by atomic mass is 19.3. The zero-order chi connectivity index (χ0) is 14.4. The van der Waals surface area contributed by atoms with Crippen LogP contribution in [0.2, 0.25) is 0 Å². The second-order valence-electron chi connectivity index (χ2n) is 4.40. The fourth-order valence-corrected chi connectivity index (χ4v) is 1.93. The van der Waals surface area contributed by atoms with Gasteiger partial charge in [0.05, 0.1) is 18.8 Å². The van der Waals surface area contributed by atoms with E-state index >= 15 is 0 Å². The van der Waals surface area contributed by atoms with E-state index in [9.17, 15) is 8.78 Å². The van der Waals surface area contributed by atoms with Crippen LogP contribution in [0, 0.1) is 0 Å². The SMILES string of the molecule is OCCN(Cc1cc(-c2ccccc2)on1)CC(F)F. The van der Waals surface area contributed by atoms with E-state index in [1.165, 1.54) is 4.90 Å². The fourth-order valence-electron chi connectivity index (χ4n) is 1.93. The molecule has 0 saturated heterocycles. The van der Waals surface area contributed by atoms with Gasteiger partial charge in [-0.1, -0.05) is 35.5 Å². The molecule has 1 heterocycles. The van der Waals surface area contributed by atoms with Gasteiger partial charge in [-0.3, -0.25) is 4.90 Å². The fraction of sp³-hybridized carbons (Fsp3) is 0.357. The Bertz CT molecular complexity index is 517. The number of alkyl halides is 2. The number of nitrogens with zero attached hydrogens (tertiary/aromatic N) is 2. The van der Waals surface area contributed by atoms with Crippen LogP contribution in [-0.4, -0.2) is 41.3 Å². The Morgan fingerprint density at radius 2 is 2.00 bits per heavy atom. The number of hydrogen-bond donors (Lipinski definition) is 1. The van der Waals surface area contributed by atoms with Crippen LogP contribution in [0.25, 0.3) is 11.3 Å². The quantitative estimate of drug-likeness (QED) is 0.847. The molecule has 6 heteroatoms. The van der Waals surface area contributed by atoms with Gasteiger partial charge >= 0.3 is 0 Å². The van der Waals surface area contributed by atoms with Gasteiger partial charge in [-0.15, -0.1) is 0 Å². The van der Waals surface area contributed by atoms with Crippen molar-refractivity contribution in [3.8, 4) is 11.3 Å². The molecule has 1 aromatic heterocycles. The Kier molecular flexibility index (Phi) is 5.20. The minimum absolute atomic E-state index is 0.171. The normalized spacial score (nSPS) is 11.4. The maximum atomic E-state index is 12.4. The van der Waals surface area contributed by atoms with Crippen molar-refractivity contribution in [3.63, 3.8) is 0 Å². The number of aromatic nitrogens is 1. The van der Waals surface area contributed by atoms with E-state index in [0.29, 0.717) is 11.5 Å². The molecule has 0 aliphatic rings. The minimum Gasteiger partial charge on any atom is -0.395 e. The van der Waals surface area contributed by atoms with Gasteiger partial charge in [0, 0.05) is 24.7 Å². The zero-order valence-electron chi connectivity index (χ0n) is 10.9. The molecule has 20 heavy (non-hydrogen) atoms. The van der Waals surface area contributed by atoms with Gasteiger partial charge in [-0.25, -0.2) is 8.78 Å². The Morgan fingerprint density at radius 3 is 2.65 bits per heavy atom. The summed E-state index contributed by atoms with van der Waals surface area (Å²) >= 11 is 0. The lowest BCUT2D eigenvalue weighted by atomic mass is 10.1. The Labute approximate surface area is 115 Å². The van der Waals surface area contributed by atoms with Crippen LogP contribution in [0.5, 0.6) is 0 Å². The first-order valence-corrected chi connectivity index (χ1v) is 6.31. The molecule has 0 aliphatic carbocycles. The summed E-state index contributed by atoms with van der Waals surface area (Å²) in [6, 6.07) is 11.2. The number of halogens is 2. The Balaban J connectivity index is 2.04. The van der Waals surface area contributed by atoms with Gasteiger partial charge in [0.1, 0.15) is 0 Å². The molecule has 0 saturated carbocycles. The summed E-state index contributed by atoms with van der Waals surface area (Å²) in [5, 5.41) is 12.8. The zero-order valence-corrected chi connectivity index (χ0v) is 10.9. The molecule has 0 radical (unpaired) electrons. The predicted molar refractivity (Wildman–Crippen MR) is 70.3 cm³/mol. The smallest absolute Gasteiger partial charge is 0.251 e.